The van der Waals surface area contributed by atoms with Crippen molar-refractivity contribution in [2.24, 2.45) is 5.92 Å². The minimum Gasteiger partial charge on any atom is -0.354 e. The highest BCUT2D eigenvalue weighted by Gasteiger charge is 2.24. The van der Waals surface area contributed by atoms with Crippen LogP contribution in [0, 0.1) is 12.8 Å². The summed E-state index contributed by atoms with van der Waals surface area (Å²) in [4.78, 5) is 24.9. The van der Waals surface area contributed by atoms with E-state index >= 15 is 0 Å². The predicted molar refractivity (Wildman–Crippen MR) is 105 cm³/mol. The Labute approximate surface area is 159 Å². The molecule has 0 bridgehead atoms. The third-order valence-corrected chi connectivity index (χ3v) is 4.39. The van der Waals surface area contributed by atoms with E-state index in [1.165, 1.54) is 0 Å². The fourth-order valence-electron chi connectivity index (χ4n) is 2.60. The first-order chi connectivity index (χ1) is 12.4. The molecule has 0 spiro atoms. The molecule has 2 aromatic rings. The van der Waals surface area contributed by atoms with Gasteiger partial charge in [-0.05, 0) is 49.1 Å². The van der Waals surface area contributed by atoms with Gasteiger partial charge in [-0.25, -0.2) is 0 Å². The molecular formula is C21H25ClN2O2. The van der Waals surface area contributed by atoms with Gasteiger partial charge in [0, 0.05) is 17.1 Å². The third-order valence-electron chi connectivity index (χ3n) is 4.15. The van der Waals surface area contributed by atoms with Crippen molar-refractivity contribution in [3.8, 4) is 0 Å². The lowest BCUT2D eigenvalue weighted by molar-refractivity contribution is -0.123. The Morgan fingerprint density at radius 1 is 1.08 bits per heavy atom. The van der Waals surface area contributed by atoms with E-state index in [1.54, 1.807) is 12.1 Å². The van der Waals surface area contributed by atoms with Crippen LogP contribution < -0.4 is 10.6 Å². The molecule has 0 fully saturated rings. The minimum absolute atomic E-state index is 0.0180. The molecule has 0 radical (unpaired) electrons. The fourth-order valence-corrected chi connectivity index (χ4v) is 2.81. The number of nitrogens with one attached hydrogen (secondary N) is 2. The van der Waals surface area contributed by atoms with E-state index in [4.69, 9.17) is 11.6 Å². The fraction of sp³-hybridized carbons (Fsp3) is 0.333. The standard InChI is InChI=1S/C21H25ClN2O2/c1-14(2)19(24-20(25)17-9-7-15(3)8-10-17)21(26)23-12-11-16-5-4-6-18(22)13-16/h4-10,13-14,19H,11-12H2,1-3H3,(H,23,26)(H,24,25). The van der Waals surface area contributed by atoms with Gasteiger partial charge in [-0.2, -0.15) is 0 Å². The highest BCUT2D eigenvalue weighted by atomic mass is 35.5. The number of carbonyl (C=O) groups is 2. The van der Waals surface area contributed by atoms with Gasteiger partial charge >= 0.3 is 0 Å². The highest BCUT2D eigenvalue weighted by Crippen LogP contribution is 2.11. The number of hydrogen-bond acceptors (Lipinski definition) is 2. The van der Waals surface area contributed by atoms with E-state index in [9.17, 15) is 9.59 Å². The first-order valence-electron chi connectivity index (χ1n) is 8.76. The Morgan fingerprint density at radius 3 is 2.38 bits per heavy atom. The molecule has 26 heavy (non-hydrogen) atoms. The summed E-state index contributed by atoms with van der Waals surface area (Å²) in [7, 11) is 0. The van der Waals surface area contributed by atoms with Gasteiger partial charge in [0.1, 0.15) is 6.04 Å². The minimum atomic E-state index is -0.580. The van der Waals surface area contributed by atoms with Crippen LogP contribution >= 0.6 is 11.6 Å². The summed E-state index contributed by atoms with van der Waals surface area (Å²) in [6.45, 7) is 6.28. The van der Waals surface area contributed by atoms with Crippen molar-refractivity contribution in [2.45, 2.75) is 33.2 Å². The van der Waals surface area contributed by atoms with Crippen molar-refractivity contribution in [1.82, 2.24) is 10.6 Å². The smallest absolute Gasteiger partial charge is 0.251 e. The van der Waals surface area contributed by atoms with Crippen LogP contribution in [0.15, 0.2) is 48.5 Å². The molecule has 2 aromatic carbocycles. The van der Waals surface area contributed by atoms with Crippen molar-refractivity contribution in [2.75, 3.05) is 6.54 Å². The maximum Gasteiger partial charge on any atom is 0.251 e. The average molecular weight is 373 g/mol. The average Bonchev–Trinajstić information content (AvgIpc) is 2.59. The summed E-state index contributed by atoms with van der Waals surface area (Å²) >= 11 is 5.97. The number of hydrogen-bond donors (Lipinski definition) is 2. The van der Waals surface area contributed by atoms with Crippen LogP contribution in [-0.4, -0.2) is 24.4 Å². The lowest BCUT2D eigenvalue weighted by Gasteiger charge is -2.22. The highest BCUT2D eigenvalue weighted by molar-refractivity contribution is 6.30. The SMILES string of the molecule is Cc1ccc(C(=O)NC(C(=O)NCCc2cccc(Cl)c2)C(C)C)cc1. The van der Waals surface area contributed by atoms with E-state index in [0.717, 1.165) is 11.1 Å². The van der Waals surface area contributed by atoms with Crippen LogP contribution in [0.3, 0.4) is 0 Å². The Morgan fingerprint density at radius 2 is 1.77 bits per heavy atom. The molecule has 0 saturated heterocycles. The maximum atomic E-state index is 12.5. The molecule has 0 heterocycles. The second-order valence-electron chi connectivity index (χ2n) is 6.73. The summed E-state index contributed by atoms with van der Waals surface area (Å²) in [5.74, 6) is -0.438. The molecule has 2 rings (SSSR count). The lowest BCUT2D eigenvalue weighted by Crippen LogP contribution is -2.50. The van der Waals surface area contributed by atoms with E-state index in [-0.39, 0.29) is 17.7 Å². The number of amides is 2. The molecular weight excluding hydrogens is 348 g/mol. The molecule has 0 saturated carbocycles. The zero-order valence-electron chi connectivity index (χ0n) is 15.4. The van der Waals surface area contributed by atoms with Crippen LogP contribution in [0.2, 0.25) is 5.02 Å². The topological polar surface area (TPSA) is 58.2 Å². The number of carbonyl (C=O) groups excluding carboxylic acids is 2. The first-order valence-corrected chi connectivity index (χ1v) is 9.14. The zero-order valence-corrected chi connectivity index (χ0v) is 16.1. The molecule has 0 aromatic heterocycles. The molecule has 2 N–H and O–H groups in total. The number of benzene rings is 2. The van der Waals surface area contributed by atoms with Crippen LogP contribution in [0.5, 0.6) is 0 Å². The van der Waals surface area contributed by atoms with E-state index < -0.39 is 6.04 Å². The molecule has 1 unspecified atom stereocenters. The molecule has 4 nitrogen and oxygen atoms in total. The third kappa shape index (κ3) is 5.88. The summed E-state index contributed by atoms with van der Waals surface area (Å²) in [5.41, 5.74) is 2.69. The monoisotopic (exact) mass is 372 g/mol. The van der Waals surface area contributed by atoms with Crippen LogP contribution in [0.25, 0.3) is 0 Å². The van der Waals surface area contributed by atoms with Gasteiger partial charge in [0.25, 0.3) is 5.91 Å². The first kappa shape index (κ1) is 20.0. The Bertz CT molecular complexity index is 757. The Kier molecular flexibility index (Phi) is 7.22. The van der Waals surface area contributed by atoms with Gasteiger partial charge in [0.2, 0.25) is 5.91 Å². The van der Waals surface area contributed by atoms with E-state index in [2.05, 4.69) is 10.6 Å². The number of halogens is 1. The quantitative estimate of drug-likeness (QED) is 0.777. The van der Waals surface area contributed by atoms with E-state index in [0.29, 0.717) is 23.6 Å². The Hall–Kier alpha value is -2.33. The largest absolute Gasteiger partial charge is 0.354 e. The van der Waals surface area contributed by atoms with Crippen molar-refractivity contribution in [1.29, 1.82) is 0 Å². The number of rotatable bonds is 7. The second kappa shape index (κ2) is 9.39. The molecule has 1 atom stereocenters. The number of aryl methyl sites for hydroxylation is 1. The van der Waals surface area contributed by atoms with Crippen molar-refractivity contribution >= 4 is 23.4 Å². The summed E-state index contributed by atoms with van der Waals surface area (Å²) < 4.78 is 0. The van der Waals surface area contributed by atoms with Gasteiger partial charge in [-0.15, -0.1) is 0 Å². The van der Waals surface area contributed by atoms with Gasteiger partial charge in [0.05, 0.1) is 0 Å². The second-order valence-corrected chi connectivity index (χ2v) is 7.17. The van der Waals surface area contributed by atoms with Crippen LogP contribution in [0.4, 0.5) is 0 Å². The molecule has 138 valence electrons. The van der Waals surface area contributed by atoms with Crippen LogP contribution in [-0.2, 0) is 11.2 Å². The summed E-state index contributed by atoms with van der Waals surface area (Å²) in [5, 5.41) is 6.42. The summed E-state index contributed by atoms with van der Waals surface area (Å²) in [6.07, 6.45) is 0.684. The van der Waals surface area contributed by atoms with Crippen molar-refractivity contribution < 1.29 is 9.59 Å². The molecule has 0 aliphatic carbocycles. The van der Waals surface area contributed by atoms with E-state index in [1.807, 2.05) is 57.2 Å². The van der Waals surface area contributed by atoms with Gasteiger partial charge in [-0.1, -0.05) is 55.3 Å². The Balaban J connectivity index is 1.92. The van der Waals surface area contributed by atoms with Crippen molar-refractivity contribution in [3.05, 3.63) is 70.2 Å². The molecule has 0 aliphatic rings. The van der Waals surface area contributed by atoms with Gasteiger partial charge < -0.3 is 10.6 Å². The maximum absolute atomic E-state index is 12.5. The zero-order chi connectivity index (χ0) is 19.1. The predicted octanol–water partition coefficient (Wildman–Crippen LogP) is 3.76. The summed E-state index contributed by atoms with van der Waals surface area (Å²) in [6, 6.07) is 14.3. The molecule has 0 aliphatic heterocycles. The molecule has 5 heteroatoms. The normalized spacial score (nSPS) is 11.9. The van der Waals surface area contributed by atoms with Gasteiger partial charge in [0.15, 0.2) is 0 Å². The van der Waals surface area contributed by atoms with Crippen molar-refractivity contribution in [3.63, 3.8) is 0 Å². The van der Waals surface area contributed by atoms with Gasteiger partial charge in [-0.3, -0.25) is 9.59 Å². The van der Waals surface area contributed by atoms with Crippen LogP contribution in [0.1, 0.15) is 35.3 Å². The molecule has 2 amide bonds. The lowest BCUT2D eigenvalue weighted by atomic mass is 10.0.